The number of carboxylic acids is 2. The molecular formula is C13H15NO7. The Kier molecular flexibility index (Phi) is 5.53. The average molecular weight is 297 g/mol. The lowest BCUT2D eigenvalue weighted by Crippen LogP contribution is -2.40. The Morgan fingerprint density at radius 2 is 1.81 bits per heavy atom. The largest absolute Gasteiger partial charge is 0.508 e. The van der Waals surface area contributed by atoms with Crippen LogP contribution >= 0.6 is 0 Å². The lowest BCUT2D eigenvalue weighted by Gasteiger charge is -2.14. The van der Waals surface area contributed by atoms with Crippen LogP contribution in [0, 0.1) is 0 Å². The molecule has 0 spiro atoms. The Labute approximate surface area is 119 Å². The Hall–Kier alpha value is -2.77. The molecule has 0 aliphatic heterocycles. The van der Waals surface area contributed by atoms with Gasteiger partial charge < -0.3 is 25.7 Å². The molecule has 0 saturated heterocycles. The molecule has 8 heteroatoms. The van der Waals surface area contributed by atoms with Crippen LogP contribution in [0.15, 0.2) is 18.2 Å². The number of carboxylic acid groups (broad SMARTS) is 2. The fourth-order valence-electron chi connectivity index (χ4n) is 1.66. The fraction of sp³-hybridized carbons (Fsp3) is 0.308. The van der Waals surface area contributed by atoms with E-state index in [1.165, 1.54) is 6.07 Å². The standard InChI is InChI=1S/C13H15NO7/c15-7-4-5-10(16)8(6-7)12(19)14-9(13(20)21)2-1-3-11(17)18/h4-6,9,15-16H,1-3H2,(H,14,19)(H,17,18)(H,20,21)/t9-/m1/s1. The molecule has 0 fully saturated rings. The summed E-state index contributed by atoms with van der Waals surface area (Å²) in [5.74, 6) is -3.90. The van der Waals surface area contributed by atoms with Gasteiger partial charge in [0.05, 0.1) is 5.56 Å². The van der Waals surface area contributed by atoms with Crippen molar-refractivity contribution < 1.29 is 34.8 Å². The van der Waals surface area contributed by atoms with Crippen LogP contribution in [0.1, 0.15) is 29.6 Å². The number of aromatic hydroxyl groups is 2. The van der Waals surface area contributed by atoms with E-state index in [1.54, 1.807) is 0 Å². The van der Waals surface area contributed by atoms with Gasteiger partial charge in [-0.25, -0.2) is 4.79 Å². The average Bonchev–Trinajstić information content (AvgIpc) is 2.39. The second kappa shape index (κ2) is 7.13. The lowest BCUT2D eigenvalue weighted by molar-refractivity contribution is -0.140. The molecule has 0 aliphatic carbocycles. The number of carbonyl (C=O) groups is 3. The van der Waals surface area contributed by atoms with Crippen LogP contribution in [-0.4, -0.2) is 44.3 Å². The van der Waals surface area contributed by atoms with Crippen LogP contribution in [-0.2, 0) is 9.59 Å². The Balaban J connectivity index is 2.74. The van der Waals surface area contributed by atoms with Gasteiger partial charge in [-0.15, -0.1) is 0 Å². The molecule has 1 atom stereocenters. The van der Waals surface area contributed by atoms with Gasteiger partial charge in [0.25, 0.3) is 5.91 Å². The first-order valence-corrected chi connectivity index (χ1v) is 6.08. The molecule has 1 aromatic carbocycles. The van der Waals surface area contributed by atoms with Crippen molar-refractivity contribution >= 4 is 17.8 Å². The van der Waals surface area contributed by atoms with Gasteiger partial charge >= 0.3 is 11.9 Å². The van der Waals surface area contributed by atoms with Crippen LogP contribution in [0.25, 0.3) is 0 Å². The summed E-state index contributed by atoms with van der Waals surface area (Å²) in [6, 6.07) is 2.00. The van der Waals surface area contributed by atoms with Crippen molar-refractivity contribution in [2.75, 3.05) is 0 Å². The second-order valence-electron chi connectivity index (χ2n) is 4.35. The third kappa shape index (κ3) is 5.01. The number of hydrogen-bond donors (Lipinski definition) is 5. The highest BCUT2D eigenvalue weighted by molar-refractivity contribution is 5.99. The minimum Gasteiger partial charge on any atom is -0.508 e. The zero-order valence-electron chi connectivity index (χ0n) is 10.9. The van der Waals surface area contributed by atoms with Gasteiger partial charge in [0, 0.05) is 6.42 Å². The molecule has 1 rings (SSSR count). The van der Waals surface area contributed by atoms with Crippen LogP contribution in [0.4, 0.5) is 0 Å². The minimum atomic E-state index is -1.31. The van der Waals surface area contributed by atoms with E-state index in [1.807, 2.05) is 0 Å². The van der Waals surface area contributed by atoms with Gasteiger partial charge in [-0.1, -0.05) is 0 Å². The summed E-state index contributed by atoms with van der Waals surface area (Å²) in [7, 11) is 0. The van der Waals surface area contributed by atoms with Crippen LogP contribution in [0.5, 0.6) is 11.5 Å². The highest BCUT2D eigenvalue weighted by Gasteiger charge is 2.22. The number of benzene rings is 1. The molecule has 0 saturated carbocycles. The summed E-state index contributed by atoms with van der Waals surface area (Å²) in [6.45, 7) is 0. The number of phenolic OH excluding ortho intramolecular Hbond substituents is 2. The first kappa shape index (κ1) is 16.3. The highest BCUT2D eigenvalue weighted by Crippen LogP contribution is 2.22. The van der Waals surface area contributed by atoms with Crippen LogP contribution < -0.4 is 5.32 Å². The van der Waals surface area contributed by atoms with Crippen molar-refractivity contribution in [2.45, 2.75) is 25.3 Å². The second-order valence-corrected chi connectivity index (χ2v) is 4.35. The van der Waals surface area contributed by atoms with E-state index >= 15 is 0 Å². The molecular weight excluding hydrogens is 282 g/mol. The molecule has 1 amide bonds. The number of nitrogens with one attached hydrogen (secondary N) is 1. The van der Waals surface area contributed by atoms with E-state index in [9.17, 15) is 24.6 Å². The summed E-state index contributed by atoms with van der Waals surface area (Å²) in [5, 5.41) is 38.4. The van der Waals surface area contributed by atoms with E-state index in [0.717, 1.165) is 12.1 Å². The Morgan fingerprint density at radius 3 is 2.38 bits per heavy atom. The molecule has 0 unspecified atom stereocenters. The van der Waals surface area contributed by atoms with E-state index in [2.05, 4.69) is 5.32 Å². The molecule has 8 nitrogen and oxygen atoms in total. The normalized spacial score (nSPS) is 11.6. The SMILES string of the molecule is O=C(O)CCC[C@@H](NC(=O)c1cc(O)ccc1O)C(=O)O. The molecule has 5 N–H and O–H groups in total. The number of carbonyl (C=O) groups excluding carboxylic acids is 1. The minimum absolute atomic E-state index is 0.0625. The van der Waals surface area contributed by atoms with Crippen LogP contribution in [0.2, 0.25) is 0 Å². The van der Waals surface area contributed by atoms with E-state index in [-0.39, 0.29) is 30.6 Å². The van der Waals surface area contributed by atoms with Gasteiger partial charge in [-0.05, 0) is 31.0 Å². The molecule has 0 aromatic heterocycles. The van der Waals surface area contributed by atoms with Gasteiger partial charge in [0.2, 0.25) is 0 Å². The number of amides is 1. The number of hydrogen-bond acceptors (Lipinski definition) is 5. The van der Waals surface area contributed by atoms with E-state index in [4.69, 9.17) is 10.2 Å². The Bertz CT molecular complexity index is 555. The molecule has 114 valence electrons. The maximum absolute atomic E-state index is 11.9. The molecule has 0 radical (unpaired) electrons. The predicted molar refractivity (Wildman–Crippen MR) is 70.1 cm³/mol. The monoisotopic (exact) mass is 297 g/mol. The molecule has 0 heterocycles. The molecule has 0 bridgehead atoms. The van der Waals surface area contributed by atoms with Gasteiger partial charge in [0.1, 0.15) is 17.5 Å². The van der Waals surface area contributed by atoms with Crippen molar-refractivity contribution in [3.8, 4) is 11.5 Å². The Morgan fingerprint density at radius 1 is 1.14 bits per heavy atom. The maximum Gasteiger partial charge on any atom is 0.326 e. The van der Waals surface area contributed by atoms with Gasteiger partial charge in [0.15, 0.2) is 0 Å². The zero-order chi connectivity index (χ0) is 16.0. The van der Waals surface area contributed by atoms with Crippen molar-refractivity contribution in [1.82, 2.24) is 5.32 Å². The number of phenols is 2. The lowest BCUT2D eigenvalue weighted by atomic mass is 10.1. The smallest absolute Gasteiger partial charge is 0.326 e. The summed E-state index contributed by atoms with van der Waals surface area (Å²) in [6.07, 6.45) is -0.192. The first-order chi connectivity index (χ1) is 9.81. The third-order valence-electron chi connectivity index (χ3n) is 2.71. The predicted octanol–water partition coefficient (Wildman–Crippen LogP) is 0.536. The topological polar surface area (TPSA) is 144 Å². The quantitative estimate of drug-likeness (QED) is 0.462. The van der Waals surface area contributed by atoms with Gasteiger partial charge in [-0.2, -0.15) is 0 Å². The van der Waals surface area contributed by atoms with E-state index < -0.39 is 29.6 Å². The highest BCUT2D eigenvalue weighted by atomic mass is 16.4. The number of rotatable bonds is 7. The maximum atomic E-state index is 11.9. The van der Waals surface area contributed by atoms with E-state index in [0.29, 0.717) is 0 Å². The summed E-state index contributed by atoms with van der Waals surface area (Å²) >= 11 is 0. The molecule has 0 aliphatic rings. The zero-order valence-corrected chi connectivity index (χ0v) is 10.9. The van der Waals surface area contributed by atoms with Crippen molar-refractivity contribution in [1.29, 1.82) is 0 Å². The van der Waals surface area contributed by atoms with Crippen molar-refractivity contribution in [3.05, 3.63) is 23.8 Å². The molecule has 1 aromatic rings. The first-order valence-electron chi connectivity index (χ1n) is 6.08. The summed E-state index contributed by atoms with van der Waals surface area (Å²) in [5.41, 5.74) is -0.264. The van der Waals surface area contributed by atoms with Crippen LogP contribution in [0.3, 0.4) is 0 Å². The molecule has 21 heavy (non-hydrogen) atoms. The third-order valence-corrected chi connectivity index (χ3v) is 2.71. The summed E-state index contributed by atoms with van der Waals surface area (Å²) in [4.78, 5) is 33.3. The number of aliphatic carboxylic acids is 2. The van der Waals surface area contributed by atoms with Gasteiger partial charge in [-0.3, -0.25) is 9.59 Å². The fourth-order valence-corrected chi connectivity index (χ4v) is 1.66. The summed E-state index contributed by atoms with van der Waals surface area (Å²) < 4.78 is 0. The van der Waals surface area contributed by atoms with Crippen molar-refractivity contribution in [3.63, 3.8) is 0 Å². The van der Waals surface area contributed by atoms with Crippen molar-refractivity contribution in [2.24, 2.45) is 0 Å².